The van der Waals surface area contributed by atoms with Gasteiger partial charge in [0.25, 0.3) is 5.69 Å². The Kier molecular flexibility index (Phi) is 3.17. The van der Waals surface area contributed by atoms with Crippen LogP contribution < -0.4 is 4.74 Å². The number of carbonyl (C=O) groups is 1. The molecule has 0 fully saturated rings. The maximum absolute atomic E-state index is 11.3. The summed E-state index contributed by atoms with van der Waals surface area (Å²) in [6.45, 7) is 3.33. The highest BCUT2D eigenvalue weighted by Crippen LogP contribution is 2.24. The van der Waals surface area contributed by atoms with Crippen molar-refractivity contribution in [3.8, 4) is 5.75 Å². The molecular weight excluding hydrogens is 198 g/mol. The van der Waals surface area contributed by atoms with E-state index in [9.17, 15) is 14.9 Å². The van der Waals surface area contributed by atoms with Crippen molar-refractivity contribution in [3.05, 3.63) is 46.5 Å². The van der Waals surface area contributed by atoms with E-state index in [1.807, 2.05) is 0 Å². The Hall–Kier alpha value is -2.17. The van der Waals surface area contributed by atoms with E-state index in [-0.39, 0.29) is 22.8 Å². The van der Waals surface area contributed by atoms with E-state index in [2.05, 4.69) is 6.58 Å². The highest BCUT2D eigenvalue weighted by molar-refractivity contribution is 6.06. The van der Waals surface area contributed by atoms with E-state index in [0.29, 0.717) is 0 Å². The summed E-state index contributed by atoms with van der Waals surface area (Å²) in [6.07, 6.45) is 1.13. The number of hydrogen-bond acceptors (Lipinski definition) is 4. The molecule has 1 aromatic rings. The molecule has 0 aliphatic carbocycles. The molecule has 78 valence electrons. The van der Waals surface area contributed by atoms with E-state index in [1.165, 1.54) is 25.3 Å². The maximum Gasteiger partial charge on any atom is 0.273 e. The molecule has 0 saturated heterocycles. The first-order chi connectivity index (χ1) is 7.10. The summed E-state index contributed by atoms with van der Waals surface area (Å²) in [6, 6.07) is 3.80. The second kappa shape index (κ2) is 4.36. The van der Waals surface area contributed by atoms with Crippen molar-refractivity contribution in [2.45, 2.75) is 0 Å². The van der Waals surface area contributed by atoms with Gasteiger partial charge in [0, 0.05) is 6.07 Å². The first kappa shape index (κ1) is 10.9. The van der Waals surface area contributed by atoms with Crippen LogP contribution in [0.25, 0.3) is 0 Å². The number of benzene rings is 1. The van der Waals surface area contributed by atoms with Gasteiger partial charge < -0.3 is 4.74 Å². The van der Waals surface area contributed by atoms with Crippen molar-refractivity contribution in [2.75, 3.05) is 7.11 Å². The average molecular weight is 207 g/mol. The number of allylic oxidation sites excluding steroid dienone is 1. The zero-order valence-corrected chi connectivity index (χ0v) is 8.10. The molecular formula is C10H9NO4. The highest BCUT2D eigenvalue weighted by atomic mass is 16.6. The molecule has 0 amide bonds. The zero-order valence-electron chi connectivity index (χ0n) is 8.10. The summed E-state index contributed by atoms with van der Waals surface area (Å²) in [5, 5.41) is 10.5. The molecule has 0 spiro atoms. The maximum atomic E-state index is 11.3. The molecule has 0 saturated carbocycles. The van der Waals surface area contributed by atoms with Crippen LogP contribution in [0.4, 0.5) is 5.69 Å². The van der Waals surface area contributed by atoms with Gasteiger partial charge >= 0.3 is 0 Å². The van der Waals surface area contributed by atoms with E-state index >= 15 is 0 Å². The van der Waals surface area contributed by atoms with E-state index < -0.39 is 4.92 Å². The number of nitrogens with zero attached hydrogens (tertiary/aromatic N) is 1. The Labute approximate surface area is 86.1 Å². The predicted molar refractivity (Wildman–Crippen MR) is 54.2 cm³/mol. The van der Waals surface area contributed by atoms with Gasteiger partial charge in [0.15, 0.2) is 5.78 Å². The molecule has 0 aliphatic rings. The molecule has 0 N–H and O–H groups in total. The number of methoxy groups -OCH3 is 1. The van der Waals surface area contributed by atoms with Crippen molar-refractivity contribution in [1.82, 2.24) is 0 Å². The van der Waals surface area contributed by atoms with Crippen molar-refractivity contribution < 1.29 is 14.5 Å². The number of ether oxygens (including phenoxy) is 1. The zero-order chi connectivity index (χ0) is 11.4. The number of nitro benzene ring substituents is 1. The van der Waals surface area contributed by atoms with Crippen LogP contribution in [-0.2, 0) is 0 Å². The number of rotatable bonds is 4. The number of hydrogen-bond donors (Lipinski definition) is 0. The lowest BCUT2D eigenvalue weighted by Crippen LogP contribution is -1.99. The second-order valence-electron chi connectivity index (χ2n) is 2.71. The fraction of sp³-hybridized carbons (Fsp3) is 0.100. The molecule has 0 heterocycles. The van der Waals surface area contributed by atoms with Gasteiger partial charge in [0.2, 0.25) is 0 Å². The third kappa shape index (κ3) is 2.19. The number of ketones is 1. The Bertz CT molecular complexity index is 425. The molecule has 1 rings (SSSR count). The van der Waals surface area contributed by atoms with Crippen molar-refractivity contribution in [3.63, 3.8) is 0 Å². The van der Waals surface area contributed by atoms with E-state index in [4.69, 9.17) is 4.74 Å². The normalized spacial score (nSPS) is 9.40. The van der Waals surface area contributed by atoms with Crippen LogP contribution in [0, 0.1) is 10.1 Å². The lowest BCUT2D eigenvalue weighted by atomic mass is 10.1. The highest BCUT2D eigenvalue weighted by Gasteiger charge is 2.14. The Morgan fingerprint density at radius 3 is 2.73 bits per heavy atom. The van der Waals surface area contributed by atoms with Crippen LogP contribution in [0.3, 0.4) is 0 Å². The third-order valence-corrected chi connectivity index (χ3v) is 1.85. The number of carbonyl (C=O) groups excluding carboxylic acids is 1. The van der Waals surface area contributed by atoms with Gasteiger partial charge in [-0.2, -0.15) is 0 Å². The summed E-state index contributed by atoms with van der Waals surface area (Å²) in [5.74, 6) is -0.157. The average Bonchev–Trinajstić information content (AvgIpc) is 2.27. The van der Waals surface area contributed by atoms with Gasteiger partial charge in [-0.15, -0.1) is 0 Å². The van der Waals surface area contributed by atoms with Crippen molar-refractivity contribution >= 4 is 11.5 Å². The molecule has 0 unspecified atom stereocenters. The minimum atomic E-state index is -0.551. The first-order valence-corrected chi connectivity index (χ1v) is 4.09. The topological polar surface area (TPSA) is 69.4 Å². The monoisotopic (exact) mass is 207 g/mol. The smallest absolute Gasteiger partial charge is 0.273 e. The van der Waals surface area contributed by atoms with Gasteiger partial charge in [-0.1, -0.05) is 6.58 Å². The summed E-state index contributed by atoms with van der Waals surface area (Å²) < 4.78 is 4.89. The summed E-state index contributed by atoms with van der Waals surface area (Å²) in [5.41, 5.74) is 0.144. The first-order valence-electron chi connectivity index (χ1n) is 4.09. The van der Waals surface area contributed by atoms with Crippen LogP contribution in [0.5, 0.6) is 5.75 Å². The van der Waals surface area contributed by atoms with E-state index in [0.717, 1.165) is 6.08 Å². The van der Waals surface area contributed by atoms with Gasteiger partial charge in [0.1, 0.15) is 5.75 Å². The Morgan fingerprint density at radius 2 is 2.27 bits per heavy atom. The number of nitro groups is 1. The van der Waals surface area contributed by atoms with Gasteiger partial charge in [0.05, 0.1) is 23.7 Å². The second-order valence-corrected chi connectivity index (χ2v) is 2.71. The van der Waals surface area contributed by atoms with Crippen LogP contribution in [0.1, 0.15) is 10.4 Å². The van der Waals surface area contributed by atoms with Crippen molar-refractivity contribution in [1.29, 1.82) is 0 Å². The minimum Gasteiger partial charge on any atom is -0.496 e. The van der Waals surface area contributed by atoms with Crippen LogP contribution in [-0.4, -0.2) is 17.8 Å². The molecule has 0 aromatic heterocycles. The molecule has 1 aromatic carbocycles. The lowest BCUT2D eigenvalue weighted by Gasteiger charge is -2.04. The quantitative estimate of drug-likeness (QED) is 0.327. The third-order valence-electron chi connectivity index (χ3n) is 1.85. The number of non-ortho nitro benzene ring substituents is 1. The van der Waals surface area contributed by atoms with Crippen molar-refractivity contribution in [2.24, 2.45) is 0 Å². The molecule has 0 atom stereocenters. The fourth-order valence-electron chi connectivity index (χ4n) is 1.11. The van der Waals surface area contributed by atoms with Gasteiger partial charge in [-0.05, 0) is 12.1 Å². The molecule has 0 aliphatic heterocycles. The van der Waals surface area contributed by atoms with Crippen LogP contribution in [0.2, 0.25) is 0 Å². The predicted octanol–water partition coefficient (Wildman–Crippen LogP) is 1.97. The fourth-order valence-corrected chi connectivity index (χ4v) is 1.11. The molecule has 0 radical (unpaired) electrons. The standard InChI is InChI=1S/C10H9NO4/c1-3-9(12)8-5-4-7(11(13)14)6-10(8)15-2/h3-6H,1H2,2H3. The van der Waals surface area contributed by atoms with E-state index in [1.54, 1.807) is 0 Å². The van der Waals surface area contributed by atoms with Gasteiger partial charge in [-0.25, -0.2) is 0 Å². The molecule has 0 bridgehead atoms. The largest absolute Gasteiger partial charge is 0.496 e. The van der Waals surface area contributed by atoms with Crippen LogP contribution >= 0.6 is 0 Å². The SMILES string of the molecule is C=CC(=O)c1ccc([N+](=O)[O-])cc1OC. The van der Waals surface area contributed by atoms with Crippen LogP contribution in [0.15, 0.2) is 30.9 Å². The summed E-state index contributed by atoms with van der Waals surface area (Å²) in [7, 11) is 1.35. The molecule has 5 nitrogen and oxygen atoms in total. The summed E-state index contributed by atoms with van der Waals surface area (Å²) in [4.78, 5) is 21.2. The lowest BCUT2D eigenvalue weighted by molar-refractivity contribution is -0.384. The Morgan fingerprint density at radius 1 is 1.60 bits per heavy atom. The minimum absolute atomic E-state index is 0.118. The summed E-state index contributed by atoms with van der Waals surface area (Å²) >= 11 is 0. The van der Waals surface area contributed by atoms with Gasteiger partial charge in [-0.3, -0.25) is 14.9 Å². The molecule has 5 heteroatoms. The molecule has 15 heavy (non-hydrogen) atoms. The Balaban J connectivity index is 3.26.